The molecule has 0 radical (unpaired) electrons. The number of rotatable bonds is 4. The van der Waals surface area contributed by atoms with E-state index in [0.29, 0.717) is 6.42 Å². The summed E-state index contributed by atoms with van der Waals surface area (Å²) in [6, 6.07) is 9.88. The first kappa shape index (κ1) is 10.5. The van der Waals surface area contributed by atoms with Gasteiger partial charge in [-0.15, -0.1) is 0 Å². The fourth-order valence-electron chi connectivity index (χ4n) is 1.23. The van der Waals surface area contributed by atoms with Crippen LogP contribution in [0.2, 0.25) is 0 Å². The van der Waals surface area contributed by atoms with E-state index < -0.39 is 0 Å². The van der Waals surface area contributed by atoms with Crippen LogP contribution in [-0.4, -0.2) is 12.1 Å². The molecular formula is C12H14O2. The molecule has 74 valence electrons. The van der Waals surface area contributed by atoms with Crippen molar-refractivity contribution in [2.45, 2.75) is 19.4 Å². The third-order valence-corrected chi connectivity index (χ3v) is 1.86. The number of benzene rings is 1. The van der Waals surface area contributed by atoms with Gasteiger partial charge < -0.3 is 4.74 Å². The molecule has 2 nitrogen and oxygen atoms in total. The van der Waals surface area contributed by atoms with Crippen molar-refractivity contribution in [1.29, 1.82) is 0 Å². The molecule has 0 heterocycles. The zero-order valence-electron chi connectivity index (χ0n) is 8.27. The van der Waals surface area contributed by atoms with Crippen molar-refractivity contribution in [3.8, 4) is 0 Å². The lowest BCUT2D eigenvalue weighted by molar-refractivity contribution is -0.144. The van der Waals surface area contributed by atoms with Crippen LogP contribution in [-0.2, 0) is 16.0 Å². The molecule has 0 saturated carbocycles. The van der Waals surface area contributed by atoms with Gasteiger partial charge in [-0.05, 0) is 5.56 Å². The van der Waals surface area contributed by atoms with E-state index in [2.05, 4.69) is 6.58 Å². The highest BCUT2D eigenvalue weighted by atomic mass is 16.5. The predicted octanol–water partition coefficient (Wildman–Crippen LogP) is 2.35. The summed E-state index contributed by atoms with van der Waals surface area (Å²) in [4.78, 5) is 10.7. The van der Waals surface area contributed by atoms with Crippen molar-refractivity contribution in [1.82, 2.24) is 0 Å². The van der Waals surface area contributed by atoms with E-state index >= 15 is 0 Å². The van der Waals surface area contributed by atoms with E-state index in [9.17, 15) is 4.79 Å². The molecule has 0 aliphatic carbocycles. The van der Waals surface area contributed by atoms with Gasteiger partial charge in [-0.1, -0.05) is 43.0 Å². The van der Waals surface area contributed by atoms with E-state index in [1.165, 1.54) is 6.92 Å². The van der Waals surface area contributed by atoms with Gasteiger partial charge in [0, 0.05) is 13.3 Å². The third kappa shape index (κ3) is 3.44. The summed E-state index contributed by atoms with van der Waals surface area (Å²) in [5.74, 6) is -0.272. The predicted molar refractivity (Wildman–Crippen MR) is 55.9 cm³/mol. The summed E-state index contributed by atoms with van der Waals surface area (Å²) in [5.41, 5.74) is 1.14. The van der Waals surface area contributed by atoms with E-state index in [1.54, 1.807) is 6.08 Å². The van der Waals surface area contributed by atoms with Crippen LogP contribution < -0.4 is 0 Å². The molecule has 0 bridgehead atoms. The fraction of sp³-hybridized carbons (Fsp3) is 0.250. The Labute approximate surface area is 84.2 Å². The Balaban J connectivity index is 2.57. The van der Waals surface area contributed by atoms with Gasteiger partial charge in [-0.25, -0.2) is 0 Å². The van der Waals surface area contributed by atoms with Crippen LogP contribution in [0.1, 0.15) is 12.5 Å². The van der Waals surface area contributed by atoms with Crippen molar-refractivity contribution in [2.24, 2.45) is 0 Å². The minimum Gasteiger partial charge on any atom is -0.458 e. The van der Waals surface area contributed by atoms with Gasteiger partial charge in [-0.2, -0.15) is 0 Å². The van der Waals surface area contributed by atoms with E-state index in [4.69, 9.17) is 4.74 Å². The molecule has 0 fully saturated rings. The first-order chi connectivity index (χ1) is 6.72. The van der Waals surface area contributed by atoms with Crippen molar-refractivity contribution < 1.29 is 9.53 Å². The molecule has 0 N–H and O–H groups in total. The molecule has 2 heteroatoms. The minimum atomic E-state index is -0.272. The molecule has 1 rings (SSSR count). The molecule has 0 amide bonds. The second-order valence-electron chi connectivity index (χ2n) is 3.07. The molecule has 1 aromatic carbocycles. The standard InChI is InChI=1S/C12H14O2/c1-3-12(14-10(2)13)9-11-7-5-4-6-8-11/h3-8,12H,1,9H2,2H3. The highest BCUT2D eigenvalue weighted by Gasteiger charge is 2.07. The van der Waals surface area contributed by atoms with Crippen LogP contribution in [0.25, 0.3) is 0 Å². The maximum Gasteiger partial charge on any atom is 0.303 e. The van der Waals surface area contributed by atoms with Crippen molar-refractivity contribution in [3.05, 3.63) is 48.6 Å². The first-order valence-corrected chi connectivity index (χ1v) is 4.56. The average Bonchev–Trinajstić information content (AvgIpc) is 2.17. The second kappa shape index (κ2) is 5.22. The Morgan fingerprint density at radius 3 is 2.64 bits per heavy atom. The number of carbonyl (C=O) groups excluding carboxylic acids is 1. The number of hydrogen-bond acceptors (Lipinski definition) is 2. The smallest absolute Gasteiger partial charge is 0.303 e. The van der Waals surface area contributed by atoms with Crippen molar-refractivity contribution in [2.75, 3.05) is 0 Å². The molecule has 0 aliphatic rings. The van der Waals surface area contributed by atoms with Gasteiger partial charge in [0.15, 0.2) is 0 Å². The SMILES string of the molecule is C=CC(Cc1ccccc1)OC(C)=O. The summed E-state index contributed by atoms with van der Waals surface area (Å²) in [6.45, 7) is 5.04. The van der Waals surface area contributed by atoms with Crippen molar-refractivity contribution >= 4 is 5.97 Å². The van der Waals surface area contributed by atoms with Crippen LogP contribution in [0.15, 0.2) is 43.0 Å². The Morgan fingerprint density at radius 2 is 2.14 bits per heavy atom. The maximum atomic E-state index is 10.7. The maximum absolute atomic E-state index is 10.7. The highest BCUT2D eigenvalue weighted by molar-refractivity contribution is 5.66. The van der Waals surface area contributed by atoms with Gasteiger partial charge in [0.1, 0.15) is 6.10 Å². The molecule has 0 aliphatic heterocycles. The average molecular weight is 190 g/mol. The second-order valence-corrected chi connectivity index (χ2v) is 3.07. The monoisotopic (exact) mass is 190 g/mol. The quantitative estimate of drug-likeness (QED) is 0.538. The number of esters is 1. The zero-order valence-corrected chi connectivity index (χ0v) is 8.27. The van der Waals surface area contributed by atoms with Gasteiger partial charge in [0.25, 0.3) is 0 Å². The minimum absolute atomic E-state index is 0.227. The van der Waals surface area contributed by atoms with Crippen LogP contribution in [0.3, 0.4) is 0 Å². The van der Waals surface area contributed by atoms with E-state index in [-0.39, 0.29) is 12.1 Å². The summed E-state index contributed by atoms with van der Waals surface area (Å²) >= 11 is 0. The lowest BCUT2D eigenvalue weighted by Crippen LogP contribution is -2.16. The molecule has 1 unspecified atom stereocenters. The summed E-state index contributed by atoms with van der Waals surface area (Å²) in [5, 5.41) is 0. The molecule has 1 aromatic rings. The Hall–Kier alpha value is -1.57. The summed E-state index contributed by atoms with van der Waals surface area (Å²) < 4.78 is 5.05. The van der Waals surface area contributed by atoms with Crippen LogP contribution >= 0.6 is 0 Å². The van der Waals surface area contributed by atoms with Crippen LogP contribution in [0.4, 0.5) is 0 Å². The number of ether oxygens (including phenoxy) is 1. The lowest BCUT2D eigenvalue weighted by atomic mass is 10.1. The molecule has 1 atom stereocenters. The molecule has 14 heavy (non-hydrogen) atoms. The third-order valence-electron chi connectivity index (χ3n) is 1.86. The number of carbonyl (C=O) groups is 1. The highest BCUT2D eigenvalue weighted by Crippen LogP contribution is 2.06. The van der Waals surface area contributed by atoms with Gasteiger partial charge in [-0.3, -0.25) is 4.79 Å². The Morgan fingerprint density at radius 1 is 1.50 bits per heavy atom. The molecular weight excluding hydrogens is 176 g/mol. The number of hydrogen-bond donors (Lipinski definition) is 0. The molecule has 0 aromatic heterocycles. The van der Waals surface area contributed by atoms with Gasteiger partial charge >= 0.3 is 5.97 Å². The van der Waals surface area contributed by atoms with Gasteiger partial charge in [0.2, 0.25) is 0 Å². The summed E-state index contributed by atoms with van der Waals surface area (Å²) in [6.07, 6.45) is 2.10. The topological polar surface area (TPSA) is 26.3 Å². The lowest BCUT2D eigenvalue weighted by Gasteiger charge is -2.12. The molecule has 0 spiro atoms. The Kier molecular flexibility index (Phi) is 3.92. The van der Waals surface area contributed by atoms with Crippen molar-refractivity contribution in [3.63, 3.8) is 0 Å². The zero-order chi connectivity index (χ0) is 10.4. The fourth-order valence-corrected chi connectivity index (χ4v) is 1.23. The van der Waals surface area contributed by atoms with E-state index in [0.717, 1.165) is 5.56 Å². The van der Waals surface area contributed by atoms with Crippen LogP contribution in [0.5, 0.6) is 0 Å². The summed E-state index contributed by atoms with van der Waals surface area (Å²) in [7, 11) is 0. The van der Waals surface area contributed by atoms with E-state index in [1.807, 2.05) is 30.3 Å². The molecule has 0 saturated heterocycles. The van der Waals surface area contributed by atoms with Gasteiger partial charge in [0.05, 0.1) is 0 Å². The Bertz CT molecular complexity index is 303. The normalized spacial score (nSPS) is 11.8. The van der Waals surface area contributed by atoms with Crippen LogP contribution in [0, 0.1) is 0 Å². The largest absolute Gasteiger partial charge is 0.458 e. The first-order valence-electron chi connectivity index (χ1n) is 4.56.